The van der Waals surface area contributed by atoms with E-state index >= 15 is 0 Å². The predicted molar refractivity (Wildman–Crippen MR) is 92.3 cm³/mol. The fourth-order valence-electron chi connectivity index (χ4n) is 3.15. The molecule has 6 nitrogen and oxygen atoms in total. The van der Waals surface area contributed by atoms with Crippen LogP contribution < -0.4 is 4.90 Å². The van der Waals surface area contributed by atoms with Crippen molar-refractivity contribution in [2.24, 2.45) is 0 Å². The molecule has 0 unspecified atom stereocenters. The van der Waals surface area contributed by atoms with Gasteiger partial charge >= 0.3 is 0 Å². The molecule has 1 aliphatic rings. The van der Waals surface area contributed by atoms with Gasteiger partial charge in [-0.2, -0.15) is 0 Å². The number of carbonyl (C=O) groups excluding carboxylic acids is 1. The highest BCUT2D eigenvalue weighted by molar-refractivity contribution is 5.94. The van der Waals surface area contributed by atoms with E-state index in [9.17, 15) is 4.79 Å². The third kappa shape index (κ3) is 2.71. The minimum absolute atomic E-state index is 0.0811. The average Bonchev–Trinajstić information content (AvgIpc) is 3.01. The fourth-order valence-corrected chi connectivity index (χ4v) is 3.15. The molecular weight excluding hydrogens is 302 g/mol. The van der Waals surface area contributed by atoms with Gasteiger partial charge in [0, 0.05) is 56.7 Å². The smallest absolute Gasteiger partial charge is 0.255 e. The lowest BCUT2D eigenvalue weighted by Gasteiger charge is -2.36. The maximum absolute atomic E-state index is 12.8. The van der Waals surface area contributed by atoms with E-state index in [1.165, 1.54) is 0 Å². The second-order valence-electron chi connectivity index (χ2n) is 6.05. The Kier molecular flexibility index (Phi) is 3.65. The summed E-state index contributed by atoms with van der Waals surface area (Å²) < 4.78 is 1.91. The van der Waals surface area contributed by atoms with Crippen LogP contribution in [0.5, 0.6) is 0 Å². The minimum atomic E-state index is 0.0811. The lowest BCUT2D eigenvalue weighted by atomic mass is 10.2. The normalized spacial score (nSPS) is 15.0. The number of hydrogen-bond donors (Lipinski definition) is 0. The Hall–Kier alpha value is -2.89. The monoisotopic (exact) mass is 321 g/mol. The van der Waals surface area contributed by atoms with Crippen LogP contribution in [0.25, 0.3) is 5.65 Å². The Morgan fingerprint density at radius 2 is 1.75 bits per heavy atom. The number of hydrogen-bond acceptors (Lipinski definition) is 4. The van der Waals surface area contributed by atoms with Crippen molar-refractivity contribution in [3.8, 4) is 0 Å². The molecule has 0 spiro atoms. The zero-order valence-corrected chi connectivity index (χ0v) is 13.6. The summed E-state index contributed by atoms with van der Waals surface area (Å²) in [5, 5.41) is 0. The SMILES string of the molecule is Cc1cn2cc(C(=O)N3CCN(c4ccncc4)CC3)ccc2n1. The fraction of sp³-hybridized carbons (Fsp3) is 0.278. The predicted octanol–water partition coefficient (Wildman–Crippen LogP) is 2.00. The van der Waals surface area contributed by atoms with Gasteiger partial charge in [-0.15, -0.1) is 0 Å². The first-order valence-electron chi connectivity index (χ1n) is 8.10. The van der Waals surface area contributed by atoms with E-state index in [0.29, 0.717) is 5.56 Å². The molecule has 1 fully saturated rings. The summed E-state index contributed by atoms with van der Waals surface area (Å²) >= 11 is 0. The molecule has 3 aromatic heterocycles. The molecule has 0 N–H and O–H groups in total. The van der Waals surface area contributed by atoms with Gasteiger partial charge in [0.1, 0.15) is 5.65 Å². The Morgan fingerprint density at radius 1 is 1.00 bits per heavy atom. The molecule has 4 heterocycles. The molecule has 0 aliphatic carbocycles. The number of pyridine rings is 2. The Labute approximate surface area is 140 Å². The summed E-state index contributed by atoms with van der Waals surface area (Å²) in [6.07, 6.45) is 7.41. The lowest BCUT2D eigenvalue weighted by molar-refractivity contribution is 0.0746. The molecule has 24 heavy (non-hydrogen) atoms. The highest BCUT2D eigenvalue weighted by atomic mass is 16.2. The van der Waals surface area contributed by atoms with E-state index in [1.807, 2.05) is 52.9 Å². The number of aryl methyl sites for hydroxylation is 1. The first kappa shape index (κ1) is 14.7. The summed E-state index contributed by atoms with van der Waals surface area (Å²) in [4.78, 5) is 25.4. The maximum atomic E-state index is 12.8. The van der Waals surface area contributed by atoms with E-state index < -0.39 is 0 Å². The number of aromatic nitrogens is 3. The van der Waals surface area contributed by atoms with Crippen LogP contribution in [0.3, 0.4) is 0 Å². The summed E-state index contributed by atoms with van der Waals surface area (Å²) in [6, 6.07) is 7.77. The molecular formula is C18H19N5O. The van der Waals surface area contributed by atoms with Crippen molar-refractivity contribution in [1.82, 2.24) is 19.3 Å². The van der Waals surface area contributed by atoms with Gasteiger partial charge in [0.15, 0.2) is 0 Å². The second kappa shape index (κ2) is 5.96. The Bertz CT molecular complexity index is 866. The number of piperazine rings is 1. The largest absolute Gasteiger partial charge is 0.368 e. The highest BCUT2D eigenvalue weighted by Gasteiger charge is 2.22. The number of rotatable bonds is 2. The van der Waals surface area contributed by atoms with Crippen molar-refractivity contribution in [2.75, 3.05) is 31.1 Å². The average molecular weight is 321 g/mol. The van der Waals surface area contributed by atoms with Gasteiger partial charge in [-0.1, -0.05) is 0 Å². The van der Waals surface area contributed by atoms with Crippen LogP contribution >= 0.6 is 0 Å². The van der Waals surface area contributed by atoms with Crippen molar-refractivity contribution in [3.05, 3.63) is 60.3 Å². The van der Waals surface area contributed by atoms with Crippen molar-refractivity contribution in [3.63, 3.8) is 0 Å². The number of anilines is 1. The quantitative estimate of drug-likeness (QED) is 0.724. The molecule has 122 valence electrons. The summed E-state index contributed by atoms with van der Waals surface area (Å²) in [5.74, 6) is 0.0811. The number of imidazole rings is 1. The second-order valence-corrected chi connectivity index (χ2v) is 6.05. The molecule has 1 saturated heterocycles. The number of amides is 1. The summed E-state index contributed by atoms with van der Waals surface area (Å²) in [7, 11) is 0. The van der Waals surface area contributed by atoms with Gasteiger partial charge in [0.25, 0.3) is 5.91 Å². The molecule has 1 aliphatic heterocycles. The van der Waals surface area contributed by atoms with Crippen molar-refractivity contribution >= 4 is 17.2 Å². The molecule has 1 amide bonds. The molecule has 0 saturated carbocycles. The van der Waals surface area contributed by atoms with Crippen molar-refractivity contribution in [2.45, 2.75) is 6.92 Å². The van der Waals surface area contributed by atoms with E-state index in [-0.39, 0.29) is 5.91 Å². The van der Waals surface area contributed by atoms with Gasteiger partial charge in [-0.3, -0.25) is 9.78 Å². The van der Waals surface area contributed by atoms with Gasteiger partial charge in [0.2, 0.25) is 0 Å². The number of carbonyl (C=O) groups is 1. The molecule has 0 bridgehead atoms. The lowest BCUT2D eigenvalue weighted by Crippen LogP contribution is -2.48. The van der Waals surface area contributed by atoms with Crippen LogP contribution in [0.1, 0.15) is 16.1 Å². The number of fused-ring (bicyclic) bond motifs is 1. The van der Waals surface area contributed by atoms with Gasteiger partial charge in [0.05, 0.1) is 11.3 Å². The minimum Gasteiger partial charge on any atom is -0.368 e. The summed E-state index contributed by atoms with van der Waals surface area (Å²) in [5.41, 5.74) is 3.68. The third-order valence-electron chi connectivity index (χ3n) is 4.41. The van der Waals surface area contributed by atoms with Crippen LogP contribution in [0, 0.1) is 6.92 Å². The zero-order chi connectivity index (χ0) is 16.5. The van der Waals surface area contributed by atoms with E-state index in [2.05, 4.69) is 14.9 Å². The molecule has 0 radical (unpaired) electrons. The van der Waals surface area contributed by atoms with Crippen LogP contribution in [0.2, 0.25) is 0 Å². The molecule has 0 atom stereocenters. The van der Waals surface area contributed by atoms with Crippen molar-refractivity contribution < 1.29 is 4.79 Å². The van der Waals surface area contributed by atoms with Crippen LogP contribution in [0.4, 0.5) is 5.69 Å². The van der Waals surface area contributed by atoms with Gasteiger partial charge in [-0.25, -0.2) is 4.98 Å². The topological polar surface area (TPSA) is 53.7 Å². The standard InChI is InChI=1S/C18H19N5O/c1-14-12-23-13-15(2-3-17(23)20-14)18(24)22-10-8-21(9-11-22)16-4-6-19-7-5-16/h2-7,12-13H,8-11H2,1H3. The first-order valence-corrected chi connectivity index (χ1v) is 8.10. The molecule has 3 aromatic rings. The maximum Gasteiger partial charge on any atom is 0.255 e. The zero-order valence-electron chi connectivity index (χ0n) is 13.6. The van der Waals surface area contributed by atoms with Crippen LogP contribution in [-0.2, 0) is 0 Å². The molecule has 6 heteroatoms. The number of nitrogens with zero attached hydrogens (tertiary/aromatic N) is 5. The highest BCUT2D eigenvalue weighted by Crippen LogP contribution is 2.16. The molecule has 0 aromatic carbocycles. The third-order valence-corrected chi connectivity index (χ3v) is 4.41. The van der Waals surface area contributed by atoms with Crippen molar-refractivity contribution in [1.29, 1.82) is 0 Å². The van der Waals surface area contributed by atoms with E-state index in [4.69, 9.17) is 0 Å². The van der Waals surface area contributed by atoms with E-state index in [0.717, 1.165) is 43.2 Å². The Morgan fingerprint density at radius 3 is 2.50 bits per heavy atom. The van der Waals surface area contributed by atoms with Gasteiger partial charge in [-0.05, 0) is 31.2 Å². The van der Waals surface area contributed by atoms with Crippen LogP contribution in [0.15, 0.2) is 49.1 Å². The van der Waals surface area contributed by atoms with Gasteiger partial charge < -0.3 is 14.2 Å². The first-order chi connectivity index (χ1) is 11.7. The Balaban J connectivity index is 1.47. The van der Waals surface area contributed by atoms with E-state index in [1.54, 1.807) is 12.4 Å². The summed E-state index contributed by atoms with van der Waals surface area (Å²) in [6.45, 7) is 5.07. The van der Waals surface area contributed by atoms with Crippen LogP contribution in [-0.4, -0.2) is 51.4 Å². The molecule has 4 rings (SSSR count).